The average molecular weight is 447 g/mol. The highest BCUT2D eigenvalue weighted by molar-refractivity contribution is 8.08. The van der Waals surface area contributed by atoms with Crippen molar-refractivity contribution in [3.63, 3.8) is 0 Å². The third kappa shape index (κ3) is 8.95. The molecule has 0 atom stereocenters. The predicted octanol–water partition coefficient (Wildman–Crippen LogP) is 2.71. The molecule has 0 amide bonds. The van der Waals surface area contributed by atoms with E-state index in [4.69, 9.17) is 0 Å². The van der Waals surface area contributed by atoms with Crippen LogP contribution in [0.25, 0.3) is 0 Å². The summed E-state index contributed by atoms with van der Waals surface area (Å²) >= 11 is 0. The van der Waals surface area contributed by atoms with Gasteiger partial charge in [0.2, 0.25) is 6.33 Å². The molecule has 0 unspecified atom stereocenters. The molecule has 0 aliphatic rings. The maximum Gasteiger partial charge on any atom is 0.498 e. The zero-order chi connectivity index (χ0) is 21.5. The van der Waals surface area contributed by atoms with Crippen LogP contribution in [0.5, 0.6) is 0 Å². The molecule has 27 heavy (non-hydrogen) atoms. The van der Waals surface area contributed by atoms with Crippen LogP contribution in [-0.2, 0) is 33.3 Å². The second-order valence-electron chi connectivity index (χ2n) is 5.62. The summed E-state index contributed by atoms with van der Waals surface area (Å²) in [6.45, 7) is 3.41. The van der Waals surface area contributed by atoms with Gasteiger partial charge in [0.1, 0.15) is 12.4 Å². The third-order valence-corrected chi connectivity index (χ3v) is 7.00. The first kappa shape index (κ1) is 25.7. The summed E-state index contributed by atoms with van der Waals surface area (Å²) in [6.07, 6.45) is 11.7. The Morgan fingerprint density at radius 3 is 1.70 bits per heavy atom. The summed E-state index contributed by atoms with van der Waals surface area (Å²) < 4.78 is 114. The molecule has 0 aliphatic heterocycles. The largest absolute Gasteiger partial charge is 0.498 e. The van der Waals surface area contributed by atoms with Crippen molar-refractivity contribution >= 4 is 19.7 Å². The third-order valence-electron chi connectivity index (χ3n) is 3.11. The molecular weight excluding hydrogens is 426 g/mol. The van der Waals surface area contributed by atoms with Crippen LogP contribution < -0.4 is 4.57 Å². The van der Waals surface area contributed by atoms with E-state index in [9.17, 15) is 43.2 Å². The van der Waals surface area contributed by atoms with Gasteiger partial charge < -0.3 is 0 Å². The van der Waals surface area contributed by atoms with Gasteiger partial charge in [-0.25, -0.2) is 26.0 Å². The lowest BCUT2D eigenvalue weighted by Crippen LogP contribution is -2.36. The number of imidazole rings is 1. The zero-order valence-corrected chi connectivity index (χ0v) is 16.2. The molecule has 1 rings (SSSR count). The van der Waals surface area contributed by atoms with Crippen molar-refractivity contribution in [3.8, 4) is 0 Å². The molecule has 0 saturated heterocycles. The molecular formula is C13H21F6N2O4S2+. The predicted molar refractivity (Wildman–Crippen MR) is 84.6 cm³/mol. The Hall–Kier alpha value is -1.31. The van der Waals surface area contributed by atoms with Crippen LogP contribution in [0.1, 0.15) is 32.6 Å². The van der Waals surface area contributed by atoms with Gasteiger partial charge >= 0.3 is 11.0 Å². The van der Waals surface area contributed by atoms with Gasteiger partial charge in [0.25, 0.3) is 19.7 Å². The highest BCUT2D eigenvalue weighted by Crippen LogP contribution is 2.30. The first-order valence-corrected chi connectivity index (χ1v) is 10.9. The van der Waals surface area contributed by atoms with Crippen LogP contribution in [0.15, 0.2) is 18.7 Å². The number of sulfone groups is 2. The molecule has 1 heterocycles. The fraction of sp³-hybridized carbons (Fsp3) is 0.769. The summed E-state index contributed by atoms with van der Waals surface area (Å²) in [5, 5.41) is -3.03. The Bertz CT molecular complexity index is 740. The van der Waals surface area contributed by atoms with E-state index in [2.05, 4.69) is 41.8 Å². The lowest BCUT2D eigenvalue weighted by atomic mass is 10.2. The van der Waals surface area contributed by atoms with Gasteiger partial charge in [0.15, 0.2) is 5.08 Å². The monoisotopic (exact) mass is 447 g/mol. The second kappa shape index (κ2) is 9.75. The number of nitrogens with zero attached hydrogens (tertiary/aromatic N) is 2. The molecule has 0 saturated carbocycles. The fourth-order valence-electron chi connectivity index (χ4n) is 1.69. The minimum atomic E-state index is -6.35. The smallest absolute Gasteiger partial charge is 0.240 e. The Labute approximate surface area is 153 Å². The molecule has 160 valence electrons. The summed E-state index contributed by atoms with van der Waals surface area (Å²) in [6, 6.07) is 0. The molecule has 1 aromatic rings. The van der Waals surface area contributed by atoms with E-state index in [0.29, 0.717) is 0 Å². The van der Waals surface area contributed by atoms with Crippen LogP contribution in [0.4, 0.5) is 26.3 Å². The Balaban J connectivity index is 0.000000511. The first-order chi connectivity index (χ1) is 12.0. The van der Waals surface area contributed by atoms with E-state index in [-0.39, 0.29) is 0 Å². The van der Waals surface area contributed by atoms with Crippen molar-refractivity contribution in [2.45, 2.75) is 50.2 Å². The van der Waals surface area contributed by atoms with E-state index in [1.165, 1.54) is 32.2 Å². The number of aryl methyl sites for hydroxylation is 2. The van der Waals surface area contributed by atoms with Crippen molar-refractivity contribution in [2.75, 3.05) is 5.08 Å². The average Bonchev–Trinajstić information content (AvgIpc) is 2.86. The van der Waals surface area contributed by atoms with Crippen molar-refractivity contribution in [2.24, 2.45) is 7.05 Å². The minimum absolute atomic E-state index is 1.17. The second-order valence-corrected chi connectivity index (χ2v) is 9.94. The lowest BCUT2D eigenvalue weighted by molar-refractivity contribution is -0.696. The standard InChI is InChI=1S/C10H19N2.C3H2F6O4S2/c1-3-4-5-6-7-12-9-8-11(2)10-12;4-2(5,6)14(10,11)1-15(12,13)3(7,8)9/h8-10H,3-7H2,1-2H3;1H2/q+1;. The minimum Gasteiger partial charge on any atom is -0.240 e. The number of alkyl halides is 6. The van der Waals surface area contributed by atoms with E-state index in [1.807, 2.05) is 0 Å². The highest BCUT2D eigenvalue weighted by atomic mass is 32.3. The van der Waals surface area contributed by atoms with Gasteiger partial charge in [0, 0.05) is 0 Å². The quantitative estimate of drug-likeness (QED) is 0.366. The zero-order valence-electron chi connectivity index (χ0n) is 14.6. The molecule has 6 nitrogen and oxygen atoms in total. The highest BCUT2D eigenvalue weighted by Gasteiger charge is 2.55. The Morgan fingerprint density at radius 2 is 1.37 bits per heavy atom. The van der Waals surface area contributed by atoms with Crippen molar-refractivity contribution in [1.29, 1.82) is 0 Å². The molecule has 0 N–H and O–H groups in total. The van der Waals surface area contributed by atoms with Gasteiger partial charge in [-0.05, 0) is 12.8 Å². The van der Waals surface area contributed by atoms with Gasteiger partial charge in [-0.2, -0.15) is 26.3 Å². The van der Waals surface area contributed by atoms with Gasteiger partial charge in [-0.3, -0.25) is 0 Å². The SMILES string of the molecule is CCCCCC[n+]1ccn(C)c1.O=S(=O)(CS(=O)(=O)C(F)(F)F)C(F)(F)F. The molecule has 0 spiro atoms. The molecule has 0 fully saturated rings. The van der Waals surface area contributed by atoms with Crippen LogP contribution in [0.2, 0.25) is 0 Å². The van der Waals surface area contributed by atoms with E-state index >= 15 is 0 Å². The summed E-state index contributed by atoms with van der Waals surface area (Å²) in [5.41, 5.74) is -12.1. The number of aromatic nitrogens is 2. The van der Waals surface area contributed by atoms with E-state index in [1.54, 1.807) is 0 Å². The van der Waals surface area contributed by atoms with Crippen molar-refractivity contribution < 1.29 is 47.7 Å². The van der Waals surface area contributed by atoms with Gasteiger partial charge in [-0.1, -0.05) is 19.8 Å². The molecule has 14 heteroatoms. The molecule has 0 aliphatic carbocycles. The fourth-order valence-corrected chi connectivity index (χ4v) is 4.40. The van der Waals surface area contributed by atoms with Crippen molar-refractivity contribution in [3.05, 3.63) is 18.7 Å². The van der Waals surface area contributed by atoms with Crippen molar-refractivity contribution in [1.82, 2.24) is 4.57 Å². The Morgan fingerprint density at radius 1 is 0.889 bits per heavy atom. The number of rotatable bonds is 7. The number of halogens is 6. The van der Waals surface area contributed by atoms with Crippen LogP contribution in [0.3, 0.4) is 0 Å². The molecule has 0 bridgehead atoms. The topological polar surface area (TPSA) is 77.1 Å². The summed E-state index contributed by atoms with van der Waals surface area (Å²) in [4.78, 5) is 0. The van der Waals surface area contributed by atoms with Crippen LogP contribution in [0, 0.1) is 0 Å². The maximum absolute atomic E-state index is 11.5. The van der Waals surface area contributed by atoms with Gasteiger partial charge in [-0.15, -0.1) is 0 Å². The number of hydrogen-bond acceptors (Lipinski definition) is 4. The molecule has 0 radical (unpaired) electrons. The van der Waals surface area contributed by atoms with E-state index in [0.717, 1.165) is 0 Å². The number of hydrogen-bond donors (Lipinski definition) is 0. The number of unbranched alkanes of at least 4 members (excludes halogenated alkanes) is 3. The Kier molecular flexibility index (Phi) is 9.28. The summed E-state index contributed by atoms with van der Waals surface area (Å²) in [5.74, 6) is 0. The first-order valence-electron chi connectivity index (χ1n) is 7.62. The van der Waals surface area contributed by atoms with Crippen LogP contribution in [-0.4, -0.2) is 37.5 Å². The van der Waals surface area contributed by atoms with E-state index < -0.39 is 35.8 Å². The van der Waals surface area contributed by atoms with Gasteiger partial charge in [0.05, 0.1) is 13.6 Å². The van der Waals surface area contributed by atoms with Crippen LogP contribution >= 0.6 is 0 Å². The lowest BCUT2D eigenvalue weighted by Gasteiger charge is -2.10. The normalized spacial score (nSPS) is 13.2. The summed E-state index contributed by atoms with van der Waals surface area (Å²) in [7, 11) is -10.6. The maximum atomic E-state index is 11.5. The molecule has 0 aromatic carbocycles. The molecule has 1 aromatic heterocycles.